The van der Waals surface area contributed by atoms with Crippen LogP contribution in [0.3, 0.4) is 0 Å². The van der Waals surface area contributed by atoms with Crippen molar-refractivity contribution in [2.75, 3.05) is 5.43 Å². The molecule has 0 amide bonds. The molecule has 0 radical (unpaired) electrons. The predicted molar refractivity (Wildman–Crippen MR) is 94.0 cm³/mol. The first-order valence-corrected chi connectivity index (χ1v) is 7.66. The first kappa shape index (κ1) is 15.9. The van der Waals surface area contributed by atoms with Gasteiger partial charge in [-0.05, 0) is 30.3 Å². The number of benzene rings is 1. The van der Waals surface area contributed by atoms with E-state index in [0.717, 1.165) is 22.0 Å². The average molecular weight is 387 g/mol. The van der Waals surface area contributed by atoms with Gasteiger partial charge in [0.25, 0.3) is 5.69 Å². The van der Waals surface area contributed by atoms with Crippen molar-refractivity contribution in [3.8, 4) is 11.3 Å². The summed E-state index contributed by atoms with van der Waals surface area (Å²) in [5, 5.41) is 14.5. The maximum Gasteiger partial charge on any atom is 0.287 e. The van der Waals surface area contributed by atoms with Gasteiger partial charge < -0.3 is 4.42 Å². The Morgan fingerprint density at radius 3 is 2.62 bits per heavy atom. The van der Waals surface area contributed by atoms with Gasteiger partial charge in [-0.3, -0.25) is 15.5 Å². The van der Waals surface area contributed by atoms with E-state index in [2.05, 4.69) is 31.4 Å². The molecule has 2 heterocycles. The molecule has 0 fully saturated rings. The molecule has 0 aliphatic carbocycles. The Hall–Kier alpha value is -3.00. The minimum atomic E-state index is -0.507. The van der Waals surface area contributed by atoms with Crippen molar-refractivity contribution in [1.29, 1.82) is 0 Å². The van der Waals surface area contributed by atoms with E-state index >= 15 is 0 Å². The number of hydrazone groups is 1. The summed E-state index contributed by atoms with van der Waals surface area (Å²) < 4.78 is 6.68. The van der Waals surface area contributed by atoms with E-state index < -0.39 is 4.92 Å². The third kappa shape index (κ3) is 3.85. The second-order valence-electron chi connectivity index (χ2n) is 4.74. The largest absolute Gasteiger partial charge is 0.455 e. The normalized spacial score (nSPS) is 10.9. The molecule has 1 aromatic carbocycles. The van der Waals surface area contributed by atoms with E-state index in [1.54, 1.807) is 6.07 Å². The number of aromatic nitrogens is 1. The van der Waals surface area contributed by atoms with Gasteiger partial charge >= 0.3 is 0 Å². The molecule has 0 aliphatic heterocycles. The van der Waals surface area contributed by atoms with Gasteiger partial charge in [-0.15, -0.1) is 0 Å². The lowest BCUT2D eigenvalue weighted by Gasteiger charge is -1.98. The number of nitrogens with zero attached hydrogens (tertiary/aromatic N) is 3. The van der Waals surface area contributed by atoms with E-state index in [1.165, 1.54) is 18.3 Å². The number of nitrogens with one attached hydrogen (secondary N) is 1. The van der Waals surface area contributed by atoms with Crippen LogP contribution in [0.25, 0.3) is 11.3 Å². The van der Waals surface area contributed by atoms with Crippen molar-refractivity contribution in [1.82, 2.24) is 4.98 Å². The van der Waals surface area contributed by atoms with Crippen molar-refractivity contribution in [2.45, 2.75) is 0 Å². The minimum Gasteiger partial charge on any atom is -0.455 e. The minimum absolute atomic E-state index is 0.0743. The molecule has 24 heavy (non-hydrogen) atoms. The first-order chi connectivity index (χ1) is 11.6. The maximum atomic E-state index is 10.5. The van der Waals surface area contributed by atoms with Crippen molar-refractivity contribution in [2.24, 2.45) is 5.10 Å². The molecule has 1 N–H and O–H groups in total. The first-order valence-electron chi connectivity index (χ1n) is 6.87. The standard InChI is InChI=1S/C16H11BrN4O3/c17-12-3-1-11(2-4-12)15-7-6-14(24-15)10-19-20-16-8-5-13(9-18-16)21(22)23/h1-10H,(H,18,20)/b19-10-. The summed E-state index contributed by atoms with van der Waals surface area (Å²) in [7, 11) is 0. The molecule has 0 aliphatic rings. The van der Waals surface area contributed by atoms with Gasteiger partial charge in [0.1, 0.15) is 23.5 Å². The second-order valence-corrected chi connectivity index (χ2v) is 5.65. The van der Waals surface area contributed by atoms with Gasteiger partial charge in [0.2, 0.25) is 0 Å². The molecular weight excluding hydrogens is 376 g/mol. The van der Waals surface area contributed by atoms with Crippen LogP contribution in [0.1, 0.15) is 5.76 Å². The van der Waals surface area contributed by atoms with Gasteiger partial charge in [-0.25, -0.2) is 4.98 Å². The van der Waals surface area contributed by atoms with Crippen LogP contribution in [-0.4, -0.2) is 16.1 Å². The van der Waals surface area contributed by atoms with Gasteiger partial charge in [0.15, 0.2) is 0 Å². The van der Waals surface area contributed by atoms with Crippen LogP contribution in [0.15, 0.2) is 68.7 Å². The van der Waals surface area contributed by atoms with E-state index in [4.69, 9.17) is 4.42 Å². The van der Waals surface area contributed by atoms with Crippen LogP contribution in [0.2, 0.25) is 0 Å². The van der Waals surface area contributed by atoms with Gasteiger partial charge in [0.05, 0.1) is 11.1 Å². The third-order valence-corrected chi connectivity index (χ3v) is 3.61. The lowest BCUT2D eigenvalue weighted by molar-refractivity contribution is -0.385. The van der Waals surface area contributed by atoms with Crippen LogP contribution in [0.5, 0.6) is 0 Å². The van der Waals surface area contributed by atoms with E-state index in [0.29, 0.717) is 11.6 Å². The summed E-state index contributed by atoms with van der Waals surface area (Å²) in [4.78, 5) is 13.9. The Morgan fingerprint density at radius 2 is 1.96 bits per heavy atom. The Morgan fingerprint density at radius 1 is 1.17 bits per heavy atom. The lowest BCUT2D eigenvalue weighted by atomic mass is 10.2. The summed E-state index contributed by atoms with van der Waals surface area (Å²) in [6.07, 6.45) is 2.67. The third-order valence-electron chi connectivity index (χ3n) is 3.09. The second kappa shape index (κ2) is 7.05. The van der Waals surface area contributed by atoms with Crippen LogP contribution in [0.4, 0.5) is 11.5 Å². The van der Waals surface area contributed by atoms with Gasteiger partial charge in [0, 0.05) is 16.1 Å². The summed E-state index contributed by atoms with van der Waals surface area (Å²) in [6.45, 7) is 0. The van der Waals surface area contributed by atoms with Crippen LogP contribution in [-0.2, 0) is 0 Å². The molecule has 7 nitrogen and oxygen atoms in total. The molecule has 0 spiro atoms. The number of halogens is 1. The number of hydrogen-bond donors (Lipinski definition) is 1. The maximum absolute atomic E-state index is 10.5. The highest BCUT2D eigenvalue weighted by Crippen LogP contribution is 2.23. The Kier molecular flexibility index (Phi) is 4.66. The van der Waals surface area contributed by atoms with Crippen molar-refractivity contribution in [3.63, 3.8) is 0 Å². The summed E-state index contributed by atoms with van der Waals surface area (Å²) >= 11 is 3.39. The van der Waals surface area contributed by atoms with Crippen LogP contribution >= 0.6 is 15.9 Å². The quantitative estimate of drug-likeness (QED) is 0.396. The number of furan rings is 1. The molecule has 0 unspecified atom stereocenters. The van der Waals surface area contributed by atoms with E-state index in [-0.39, 0.29) is 5.69 Å². The number of hydrogen-bond acceptors (Lipinski definition) is 6. The summed E-state index contributed by atoms with van der Waals surface area (Å²) in [6, 6.07) is 14.3. The highest BCUT2D eigenvalue weighted by atomic mass is 79.9. The summed E-state index contributed by atoms with van der Waals surface area (Å²) in [5.41, 5.74) is 3.57. The van der Waals surface area contributed by atoms with E-state index in [9.17, 15) is 10.1 Å². The molecule has 0 atom stereocenters. The monoisotopic (exact) mass is 386 g/mol. The van der Waals surface area contributed by atoms with Crippen LogP contribution < -0.4 is 5.43 Å². The molecule has 3 aromatic rings. The molecule has 8 heteroatoms. The number of nitro groups is 1. The smallest absolute Gasteiger partial charge is 0.287 e. The van der Waals surface area contributed by atoms with E-state index in [1.807, 2.05) is 30.3 Å². The van der Waals surface area contributed by atoms with Crippen molar-refractivity contribution in [3.05, 3.63) is 75.1 Å². The summed E-state index contributed by atoms with van der Waals surface area (Å²) in [5.74, 6) is 1.70. The topological polar surface area (TPSA) is 93.6 Å². The zero-order valence-corrected chi connectivity index (χ0v) is 13.8. The number of pyridine rings is 1. The fourth-order valence-corrected chi connectivity index (χ4v) is 2.18. The Balaban J connectivity index is 1.65. The Labute approximate surface area is 145 Å². The zero-order valence-electron chi connectivity index (χ0n) is 12.2. The van der Waals surface area contributed by atoms with Gasteiger partial charge in [-0.2, -0.15) is 5.10 Å². The van der Waals surface area contributed by atoms with Crippen molar-refractivity contribution < 1.29 is 9.34 Å². The Bertz CT molecular complexity index is 873. The molecular formula is C16H11BrN4O3. The van der Waals surface area contributed by atoms with Gasteiger partial charge in [-0.1, -0.05) is 28.1 Å². The number of anilines is 1. The molecule has 0 saturated heterocycles. The highest BCUT2D eigenvalue weighted by Gasteiger charge is 2.05. The lowest BCUT2D eigenvalue weighted by Crippen LogP contribution is -1.94. The van der Waals surface area contributed by atoms with Crippen molar-refractivity contribution >= 4 is 33.6 Å². The molecule has 3 rings (SSSR count). The fraction of sp³-hybridized carbons (Fsp3) is 0. The molecule has 0 bridgehead atoms. The fourth-order valence-electron chi connectivity index (χ4n) is 1.91. The predicted octanol–water partition coefficient (Wildman–Crippen LogP) is 4.46. The molecule has 2 aromatic heterocycles. The molecule has 120 valence electrons. The zero-order chi connectivity index (χ0) is 16.9. The molecule has 0 saturated carbocycles. The number of rotatable bonds is 5. The average Bonchev–Trinajstić information content (AvgIpc) is 3.05. The van der Waals surface area contributed by atoms with Crippen LogP contribution in [0, 0.1) is 10.1 Å². The SMILES string of the molecule is O=[N+]([O-])c1ccc(N/N=C\c2ccc(-c3ccc(Br)cc3)o2)nc1. The highest BCUT2D eigenvalue weighted by molar-refractivity contribution is 9.10.